The molecule has 0 aliphatic carbocycles. The van der Waals surface area contributed by atoms with E-state index in [2.05, 4.69) is 25.7 Å². The molecule has 2 aromatic carbocycles. The standard InChI is InChI=1S/C22H27N7O4S/c1-31-16-10-14(11-17(32-2)19(16)33-3)25-21-27-20(23)29(28-21)22-26-15-7-6-13(12-18(15)34-22)24-8-4-5-9-30/h6-7,10-12,24,30H,4-5,8-9H2,1-3H3,(H3,23,25,27,28). The summed E-state index contributed by atoms with van der Waals surface area (Å²) in [5.41, 5.74) is 8.63. The summed E-state index contributed by atoms with van der Waals surface area (Å²) < 4.78 is 18.6. The predicted octanol–water partition coefficient (Wildman–Crippen LogP) is 3.41. The number of benzene rings is 2. The van der Waals surface area contributed by atoms with Gasteiger partial charge in [-0.05, 0) is 31.0 Å². The molecule has 11 nitrogen and oxygen atoms in total. The van der Waals surface area contributed by atoms with Gasteiger partial charge in [0.1, 0.15) is 0 Å². The number of nitrogen functional groups attached to an aromatic ring is 1. The fraction of sp³-hybridized carbons (Fsp3) is 0.318. The lowest BCUT2D eigenvalue weighted by Crippen LogP contribution is -2.02. The smallest absolute Gasteiger partial charge is 0.248 e. The van der Waals surface area contributed by atoms with Gasteiger partial charge in [0.05, 0.1) is 31.5 Å². The number of fused-ring (bicyclic) bond motifs is 1. The average molecular weight is 486 g/mol. The van der Waals surface area contributed by atoms with Gasteiger partial charge in [0.15, 0.2) is 11.5 Å². The van der Waals surface area contributed by atoms with Crippen molar-refractivity contribution in [2.75, 3.05) is 50.8 Å². The molecule has 4 rings (SSSR count). The summed E-state index contributed by atoms with van der Waals surface area (Å²) in [6.45, 7) is 0.998. The van der Waals surface area contributed by atoms with Crippen LogP contribution in [-0.4, -0.2) is 59.3 Å². The lowest BCUT2D eigenvalue weighted by molar-refractivity contribution is 0.286. The Morgan fingerprint density at radius 3 is 2.44 bits per heavy atom. The van der Waals surface area contributed by atoms with Crippen LogP contribution in [-0.2, 0) is 0 Å². The van der Waals surface area contributed by atoms with Crippen molar-refractivity contribution in [1.29, 1.82) is 0 Å². The van der Waals surface area contributed by atoms with Gasteiger partial charge in [-0.3, -0.25) is 0 Å². The molecule has 0 bridgehead atoms. The maximum Gasteiger partial charge on any atom is 0.248 e. The molecule has 12 heteroatoms. The predicted molar refractivity (Wildman–Crippen MR) is 133 cm³/mol. The van der Waals surface area contributed by atoms with E-state index < -0.39 is 0 Å². The number of aliphatic hydroxyl groups excluding tert-OH is 1. The number of nitrogens with two attached hydrogens (primary N) is 1. The van der Waals surface area contributed by atoms with Crippen molar-refractivity contribution in [3.63, 3.8) is 0 Å². The molecule has 0 amide bonds. The summed E-state index contributed by atoms with van der Waals surface area (Å²) >= 11 is 1.46. The molecule has 2 aromatic heterocycles. The van der Waals surface area contributed by atoms with Crippen LogP contribution >= 0.6 is 11.3 Å². The van der Waals surface area contributed by atoms with Crippen molar-refractivity contribution in [3.05, 3.63) is 30.3 Å². The molecular formula is C22H27N7O4S. The van der Waals surface area contributed by atoms with Gasteiger partial charge in [0, 0.05) is 36.7 Å². The molecule has 34 heavy (non-hydrogen) atoms. The molecule has 4 aromatic rings. The molecule has 0 spiro atoms. The second-order valence-corrected chi connectivity index (χ2v) is 8.29. The zero-order valence-electron chi connectivity index (χ0n) is 19.2. The molecule has 0 unspecified atom stereocenters. The van der Waals surface area contributed by atoms with Crippen molar-refractivity contribution >= 4 is 44.8 Å². The SMILES string of the molecule is COc1cc(Nc2nc(N)n(-c3nc4ccc(NCCCCO)cc4s3)n2)cc(OC)c1OC. The summed E-state index contributed by atoms with van der Waals surface area (Å²) in [7, 11) is 4.65. The van der Waals surface area contributed by atoms with E-state index in [9.17, 15) is 0 Å². The van der Waals surface area contributed by atoms with Crippen molar-refractivity contribution in [3.8, 4) is 22.4 Å². The van der Waals surface area contributed by atoms with Crippen LogP contribution in [0.25, 0.3) is 15.3 Å². The topological polar surface area (TPSA) is 142 Å². The van der Waals surface area contributed by atoms with Gasteiger partial charge >= 0.3 is 0 Å². The van der Waals surface area contributed by atoms with Crippen molar-refractivity contribution < 1.29 is 19.3 Å². The highest BCUT2D eigenvalue weighted by Crippen LogP contribution is 2.40. The Hall–Kier alpha value is -3.77. The average Bonchev–Trinajstić information content (AvgIpc) is 3.43. The van der Waals surface area contributed by atoms with Crippen LogP contribution in [0.4, 0.5) is 23.3 Å². The molecule has 0 saturated heterocycles. The Balaban J connectivity index is 1.56. The van der Waals surface area contributed by atoms with Crippen LogP contribution in [0.2, 0.25) is 0 Å². The van der Waals surface area contributed by atoms with E-state index in [1.807, 2.05) is 18.2 Å². The maximum absolute atomic E-state index is 8.91. The van der Waals surface area contributed by atoms with Gasteiger partial charge in [0.25, 0.3) is 0 Å². The lowest BCUT2D eigenvalue weighted by atomic mass is 10.2. The van der Waals surface area contributed by atoms with Crippen LogP contribution in [0, 0.1) is 0 Å². The number of nitrogens with one attached hydrogen (secondary N) is 2. The molecule has 0 aliphatic rings. The number of thiazole rings is 1. The van der Waals surface area contributed by atoms with Crippen LogP contribution in [0.5, 0.6) is 17.2 Å². The van der Waals surface area contributed by atoms with E-state index >= 15 is 0 Å². The van der Waals surface area contributed by atoms with E-state index in [4.69, 9.17) is 25.1 Å². The van der Waals surface area contributed by atoms with Crippen LogP contribution < -0.4 is 30.6 Å². The number of methoxy groups -OCH3 is 3. The molecule has 0 radical (unpaired) electrons. The van der Waals surface area contributed by atoms with Gasteiger partial charge in [-0.1, -0.05) is 11.3 Å². The summed E-state index contributed by atoms with van der Waals surface area (Å²) in [6, 6.07) is 9.48. The number of ether oxygens (including phenoxy) is 3. The van der Waals surface area contributed by atoms with E-state index in [1.54, 1.807) is 33.5 Å². The minimum atomic E-state index is 0.203. The summed E-state index contributed by atoms with van der Waals surface area (Å²) in [6.07, 6.45) is 1.68. The highest BCUT2D eigenvalue weighted by Gasteiger charge is 2.17. The molecule has 2 heterocycles. The monoisotopic (exact) mass is 485 g/mol. The molecule has 0 atom stereocenters. The van der Waals surface area contributed by atoms with Crippen LogP contribution in [0.15, 0.2) is 30.3 Å². The Kier molecular flexibility index (Phi) is 7.18. The zero-order chi connectivity index (χ0) is 24.1. The van der Waals surface area contributed by atoms with Gasteiger partial charge in [-0.25, -0.2) is 4.98 Å². The molecular weight excluding hydrogens is 458 g/mol. The Morgan fingerprint density at radius 2 is 1.76 bits per heavy atom. The first-order valence-corrected chi connectivity index (χ1v) is 11.4. The number of unbranched alkanes of at least 4 members (excludes halogenated alkanes) is 1. The van der Waals surface area contributed by atoms with Crippen LogP contribution in [0.1, 0.15) is 12.8 Å². The second kappa shape index (κ2) is 10.4. The minimum Gasteiger partial charge on any atom is -0.493 e. The largest absolute Gasteiger partial charge is 0.493 e. The summed E-state index contributed by atoms with van der Waals surface area (Å²) in [4.78, 5) is 8.97. The van der Waals surface area contributed by atoms with Crippen molar-refractivity contribution in [1.82, 2.24) is 19.7 Å². The Morgan fingerprint density at radius 1 is 1.00 bits per heavy atom. The van der Waals surface area contributed by atoms with Crippen molar-refractivity contribution in [2.24, 2.45) is 0 Å². The number of hydrogen-bond donors (Lipinski definition) is 4. The van der Waals surface area contributed by atoms with Crippen LogP contribution in [0.3, 0.4) is 0 Å². The molecule has 0 fully saturated rings. The van der Waals surface area contributed by atoms with E-state index in [0.717, 1.165) is 35.3 Å². The van der Waals surface area contributed by atoms with Gasteiger partial charge in [0.2, 0.25) is 22.8 Å². The van der Waals surface area contributed by atoms with Crippen molar-refractivity contribution in [2.45, 2.75) is 12.8 Å². The second-order valence-electron chi connectivity index (χ2n) is 7.28. The highest BCUT2D eigenvalue weighted by molar-refractivity contribution is 7.20. The molecule has 0 aliphatic heterocycles. The van der Waals surface area contributed by atoms with Gasteiger partial charge in [-0.15, -0.1) is 5.10 Å². The Labute approximate surface area is 200 Å². The third-order valence-electron chi connectivity index (χ3n) is 5.03. The number of nitrogens with zero attached hydrogens (tertiary/aromatic N) is 4. The number of anilines is 4. The first kappa shape index (κ1) is 23.4. The lowest BCUT2D eigenvalue weighted by Gasteiger charge is -2.14. The third-order valence-corrected chi connectivity index (χ3v) is 6.02. The maximum atomic E-state index is 8.91. The fourth-order valence-corrected chi connectivity index (χ4v) is 4.35. The third kappa shape index (κ3) is 4.92. The zero-order valence-corrected chi connectivity index (χ0v) is 20.0. The minimum absolute atomic E-state index is 0.203. The number of aromatic nitrogens is 4. The quantitative estimate of drug-likeness (QED) is 0.233. The molecule has 0 saturated carbocycles. The normalized spacial score (nSPS) is 10.9. The van der Waals surface area contributed by atoms with Gasteiger partial charge < -0.3 is 35.7 Å². The van der Waals surface area contributed by atoms with Gasteiger partial charge in [-0.2, -0.15) is 9.67 Å². The number of hydrogen-bond acceptors (Lipinski definition) is 11. The molecule has 180 valence electrons. The fourth-order valence-electron chi connectivity index (χ4n) is 3.38. The van der Waals surface area contributed by atoms with E-state index in [1.165, 1.54) is 16.0 Å². The van der Waals surface area contributed by atoms with E-state index in [-0.39, 0.29) is 12.6 Å². The summed E-state index contributed by atoms with van der Waals surface area (Å²) in [5.74, 6) is 2.01. The Bertz CT molecular complexity index is 1250. The number of aliphatic hydroxyl groups is 1. The van der Waals surface area contributed by atoms with E-state index in [0.29, 0.717) is 34.0 Å². The highest BCUT2D eigenvalue weighted by atomic mass is 32.1. The first-order chi connectivity index (χ1) is 16.6. The number of rotatable bonds is 11. The summed E-state index contributed by atoms with van der Waals surface area (Å²) in [5, 5.41) is 20.5. The molecule has 5 N–H and O–H groups in total. The first-order valence-electron chi connectivity index (χ1n) is 10.6.